The zero-order valence-electron chi connectivity index (χ0n) is 13.6. The lowest BCUT2D eigenvalue weighted by molar-refractivity contribution is -0.196. The molecule has 2 aliphatic heterocycles. The Kier molecular flexibility index (Phi) is 6.75. The molecule has 10 heteroatoms. The molecule has 1 N–H and O–H groups in total. The van der Waals surface area contributed by atoms with Gasteiger partial charge in [-0.2, -0.15) is 0 Å². The Bertz CT molecular complexity index is 441. The predicted molar refractivity (Wildman–Crippen MR) is 74.9 cm³/mol. The first kappa shape index (κ1) is 18.9. The van der Waals surface area contributed by atoms with E-state index in [1.54, 1.807) is 6.92 Å². The summed E-state index contributed by atoms with van der Waals surface area (Å²) in [6.07, 6.45) is -2.51. The van der Waals surface area contributed by atoms with E-state index in [1.807, 2.05) is 0 Å². The number of esters is 1. The minimum absolute atomic E-state index is 0.0499. The first-order valence-corrected chi connectivity index (χ1v) is 7.53. The van der Waals surface area contributed by atoms with Crippen LogP contribution in [0.5, 0.6) is 0 Å². The van der Waals surface area contributed by atoms with Crippen molar-refractivity contribution in [2.24, 2.45) is 0 Å². The number of hydrogen-bond donors (Lipinski definition) is 1. The average Bonchev–Trinajstić information content (AvgIpc) is 3.16. The highest BCUT2D eigenvalue weighted by Crippen LogP contribution is 2.24. The van der Waals surface area contributed by atoms with Crippen LogP contribution in [0.15, 0.2) is 0 Å². The molecular formula is C14H22O10. The quantitative estimate of drug-likeness (QED) is 0.606. The van der Waals surface area contributed by atoms with Gasteiger partial charge in [-0.3, -0.25) is 4.79 Å². The Labute approximate surface area is 138 Å². The largest absolute Gasteiger partial charge is 0.508 e. The number of rotatable bonds is 7. The first-order chi connectivity index (χ1) is 11.4. The van der Waals surface area contributed by atoms with Crippen LogP contribution in [0.25, 0.3) is 0 Å². The molecule has 0 spiro atoms. The molecule has 2 rings (SSSR count). The second kappa shape index (κ2) is 8.58. The Morgan fingerprint density at radius 1 is 1.17 bits per heavy atom. The molecule has 2 fully saturated rings. The Balaban J connectivity index is 1.60. The summed E-state index contributed by atoms with van der Waals surface area (Å²) in [4.78, 5) is 22.3. The van der Waals surface area contributed by atoms with Crippen LogP contribution < -0.4 is 0 Å². The van der Waals surface area contributed by atoms with Gasteiger partial charge < -0.3 is 38.3 Å². The van der Waals surface area contributed by atoms with Gasteiger partial charge in [-0.1, -0.05) is 0 Å². The zero-order chi connectivity index (χ0) is 17.6. The number of aliphatic hydroxyl groups is 1. The van der Waals surface area contributed by atoms with Crippen LogP contribution in [0.2, 0.25) is 0 Å². The minimum atomic E-state index is -1.06. The van der Waals surface area contributed by atoms with Crippen molar-refractivity contribution in [1.82, 2.24) is 0 Å². The van der Waals surface area contributed by atoms with Gasteiger partial charge in [-0.15, -0.1) is 0 Å². The van der Waals surface area contributed by atoms with Crippen molar-refractivity contribution in [3.8, 4) is 0 Å². The third kappa shape index (κ3) is 5.87. The lowest BCUT2D eigenvalue weighted by Crippen LogP contribution is -2.34. The van der Waals surface area contributed by atoms with Crippen molar-refractivity contribution in [1.29, 1.82) is 0 Å². The van der Waals surface area contributed by atoms with E-state index < -0.39 is 36.4 Å². The van der Waals surface area contributed by atoms with E-state index in [1.165, 1.54) is 6.92 Å². The van der Waals surface area contributed by atoms with Gasteiger partial charge in [0.05, 0.1) is 19.8 Å². The second-order valence-electron chi connectivity index (χ2n) is 5.54. The summed E-state index contributed by atoms with van der Waals surface area (Å²) in [5.74, 6) is -1.50. The lowest BCUT2D eigenvalue weighted by Gasteiger charge is -2.22. The summed E-state index contributed by atoms with van der Waals surface area (Å²) >= 11 is 0. The number of carbonyl (C=O) groups excluding carboxylic acids is 2. The predicted octanol–water partition coefficient (Wildman–Crippen LogP) is -0.432. The van der Waals surface area contributed by atoms with Crippen LogP contribution in [-0.2, 0) is 38.0 Å². The molecule has 24 heavy (non-hydrogen) atoms. The van der Waals surface area contributed by atoms with Gasteiger partial charge >= 0.3 is 12.1 Å². The molecule has 2 unspecified atom stereocenters. The molecule has 0 aromatic carbocycles. The summed E-state index contributed by atoms with van der Waals surface area (Å²) in [6, 6.07) is 0. The molecule has 0 aromatic rings. The molecule has 0 amide bonds. The topological polar surface area (TPSA) is 119 Å². The summed E-state index contributed by atoms with van der Waals surface area (Å²) in [5, 5.41) is 8.89. The highest BCUT2D eigenvalue weighted by molar-refractivity contribution is 5.65. The third-order valence-electron chi connectivity index (χ3n) is 3.27. The van der Waals surface area contributed by atoms with Gasteiger partial charge in [-0.25, -0.2) is 4.79 Å². The summed E-state index contributed by atoms with van der Waals surface area (Å²) < 4.78 is 36.0. The van der Waals surface area contributed by atoms with Gasteiger partial charge in [0.1, 0.15) is 32.0 Å². The number of aliphatic hydroxyl groups excluding tert-OH is 1. The van der Waals surface area contributed by atoms with Crippen LogP contribution in [0.4, 0.5) is 4.79 Å². The number of hydrogen-bond acceptors (Lipinski definition) is 10. The van der Waals surface area contributed by atoms with Crippen LogP contribution in [0.1, 0.15) is 13.8 Å². The molecule has 0 aliphatic carbocycles. The standard InChI is InChI=1S/C14H22O10/c1-9(16)21-8-14(2)22-6-11(24-14)5-19-13(17)20-7-12-18-4-10(3-15)23-12/h10-12,15H,3-8H2,1-2H3/t10?,11?,12-,14+/m1/s1. The zero-order valence-corrected chi connectivity index (χ0v) is 13.6. The maximum atomic E-state index is 11.5. The van der Waals surface area contributed by atoms with Gasteiger partial charge in [0.2, 0.25) is 5.79 Å². The fraction of sp³-hybridized carbons (Fsp3) is 0.857. The summed E-state index contributed by atoms with van der Waals surface area (Å²) in [6.45, 7) is 2.93. The van der Waals surface area contributed by atoms with E-state index in [9.17, 15) is 9.59 Å². The Morgan fingerprint density at radius 2 is 1.92 bits per heavy atom. The van der Waals surface area contributed by atoms with E-state index in [0.717, 1.165) is 0 Å². The van der Waals surface area contributed by atoms with Crippen molar-refractivity contribution < 1.29 is 47.9 Å². The first-order valence-electron chi connectivity index (χ1n) is 7.53. The molecule has 4 atom stereocenters. The fourth-order valence-electron chi connectivity index (χ4n) is 2.11. The minimum Gasteiger partial charge on any atom is -0.460 e. The van der Waals surface area contributed by atoms with E-state index in [2.05, 4.69) is 0 Å². The van der Waals surface area contributed by atoms with E-state index >= 15 is 0 Å². The van der Waals surface area contributed by atoms with Gasteiger partial charge in [0.25, 0.3) is 0 Å². The van der Waals surface area contributed by atoms with Crippen LogP contribution >= 0.6 is 0 Å². The Hall–Kier alpha value is -1.46. The average molecular weight is 350 g/mol. The van der Waals surface area contributed by atoms with Gasteiger partial charge in [0.15, 0.2) is 6.29 Å². The van der Waals surface area contributed by atoms with E-state index in [0.29, 0.717) is 0 Å². The monoisotopic (exact) mass is 350 g/mol. The molecule has 0 bridgehead atoms. The van der Waals surface area contributed by atoms with E-state index in [4.69, 9.17) is 38.3 Å². The SMILES string of the molecule is CC(=O)OC[C@@]1(C)OCC(COC(=O)OC[C@@H]2OCC(CO)O2)O1. The molecule has 0 radical (unpaired) electrons. The van der Waals surface area contributed by atoms with Crippen molar-refractivity contribution >= 4 is 12.1 Å². The van der Waals surface area contributed by atoms with Crippen LogP contribution in [-0.4, -0.2) is 81.2 Å². The number of ether oxygens (including phenoxy) is 7. The summed E-state index contributed by atoms with van der Waals surface area (Å²) in [5.41, 5.74) is 0. The normalized spacial score (nSPS) is 32.5. The van der Waals surface area contributed by atoms with Crippen molar-refractivity contribution in [3.05, 3.63) is 0 Å². The highest BCUT2D eigenvalue weighted by Gasteiger charge is 2.39. The fourth-order valence-corrected chi connectivity index (χ4v) is 2.11. The molecule has 2 heterocycles. The highest BCUT2D eigenvalue weighted by atomic mass is 16.8. The lowest BCUT2D eigenvalue weighted by atomic mass is 10.3. The molecule has 0 aromatic heterocycles. The van der Waals surface area contributed by atoms with E-state index in [-0.39, 0.29) is 39.6 Å². The van der Waals surface area contributed by atoms with Crippen LogP contribution in [0, 0.1) is 0 Å². The molecule has 2 aliphatic rings. The third-order valence-corrected chi connectivity index (χ3v) is 3.27. The molecule has 138 valence electrons. The van der Waals surface area contributed by atoms with Gasteiger partial charge in [-0.05, 0) is 6.92 Å². The molecule has 0 saturated carbocycles. The van der Waals surface area contributed by atoms with Crippen molar-refractivity contribution in [3.63, 3.8) is 0 Å². The second-order valence-corrected chi connectivity index (χ2v) is 5.54. The molecular weight excluding hydrogens is 328 g/mol. The summed E-state index contributed by atoms with van der Waals surface area (Å²) in [7, 11) is 0. The maximum absolute atomic E-state index is 11.5. The molecule has 10 nitrogen and oxygen atoms in total. The number of carbonyl (C=O) groups is 2. The van der Waals surface area contributed by atoms with Crippen molar-refractivity contribution in [2.75, 3.05) is 39.6 Å². The maximum Gasteiger partial charge on any atom is 0.508 e. The Morgan fingerprint density at radius 3 is 2.58 bits per heavy atom. The van der Waals surface area contributed by atoms with Crippen molar-refractivity contribution in [2.45, 2.75) is 38.1 Å². The van der Waals surface area contributed by atoms with Gasteiger partial charge in [0, 0.05) is 6.92 Å². The smallest absolute Gasteiger partial charge is 0.460 e. The van der Waals surface area contributed by atoms with Crippen LogP contribution in [0.3, 0.4) is 0 Å². The molecule has 2 saturated heterocycles.